The Morgan fingerprint density at radius 1 is 1.36 bits per heavy atom. The highest BCUT2D eigenvalue weighted by Crippen LogP contribution is 2.48. The van der Waals surface area contributed by atoms with Crippen molar-refractivity contribution in [3.8, 4) is 0 Å². The van der Waals surface area contributed by atoms with E-state index in [-0.39, 0.29) is 11.5 Å². The maximum Gasteiger partial charge on any atom is 0.321 e. The van der Waals surface area contributed by atoms with Crippen molar-refractivity contribution < 1.29 is 9.90 Å². The van der Waals surface area contributed by atoms with Crippen LogP contribution in [0.4, 0.5) is 0 Å². The fourth-order valence-electron chi connectivity index (χ4n) is 3.20. The molecule has 0 aromatic carbocycles. The van der Waals surface area contributed by atoms with Crippen molar-refractivity contribution in [3.63, 3.8) is 0 Å². The monoisotopic (exact) mass is 197 g/mol. The van der Waals surface area contributed by atoms with Crippen LogP contribution in [0.15, 0.2) is 0 Å². The van der Waals surface area contributed by atoms with Gasteiger partial charge in [-0.05, 0) is 30.1 Å². The Hall–Kier alpha value is -0.570. The smallest absolute Gasteiger partial charge is 0.321 e. The number of aliphatic carboxylic acids is 1. The number of carboxylic acids is 1. The van der Waals surface area contributed by atoms with Gasteiger partial charge < -0.3 is 10.4 Å². The molecule has 0 spiro atoms. The Balaban J connectivity index is 2.16. The molecule has 2 aliphatic rings. The minimum atomic E-state index is -0.675. The fraction of sp³-hybridized carbons (Fsp3) is 0.909. The average Bonchev–Trinajstić information content (AvgIpc) is 2.58. The Bertz CT molecular complexity index is 257. The van der Waals surface area contributed by atoms with E-state index >= 15 is 0 Å². The van der Waals surface area contributed by atoms with Gasteiger partial charge in [0.2, 0.25) is 0 Å². The third-order valence-electron chi connectivity index (χ3n) is 3.83. The number of fused-ring (bicyclic) bond motifs is 2. The van der Waals surface area contributed by atoms with Gasteiger partial charge in [0.05, 0.1) is 0 Å². The van der Waals surface area contributed by atoms with Crippen LogP contribution in [-0.2, 0) is 4.79 Å². The Morgan fingerprint density at radius 3 is 2.43 bits per heavy atom. The first kappa shape index (κ1) is 9.97. The quantitative estimate of drug-likeness (QED) is 0.669. The van der Waals surface area contributed by atoms with Crippen LogP contribution in [0.2, 0.25) is 0 Å². The Labute approximate surface area is 84.9 Å². The molecule has 0 aromatic heterocycles. The predicted octanol–water partition coefficient (Wildman–Crippen LogP) is 1.48. The van der Waals surface area contributed by atoms with Crippen molar-refractivity contribution in [3.05, 3.63) is 0 Å². The summed E-state index contributed by atoms with van der Waals surface area (Å²) in [7, 11) is 0. The highest BCUT2D eigenvalue weighted by Gasteiger charge is 2.52. The number of nitrogens with one attached hydrogen (secondary N) is 1. The maximum absolute atomic E-state index is 11.0. The molecule has 0 amide bonds. The lowest BCUT2D eigenvalue weighted by atomic mass is 9.72. The number of carboxylic acid groups (broad SMARTS) is 1. The summed E-state index contributed by atoms with van der Waals surface area (Å²) in [6.45, 7) is 6.66. The summed E-state index contributed by atoms with van der Waals surface area (Å²) < 4.78 is 0. The summed E-state index contributed by atoms with van der Waals surface area (Å²) >= 11 is 0. The minimum Gasteiger partial charge on any atom is -0.480 e. The molecule has 3 heteroatoms. The van der Waals surface area contributed by atoms with Crippen molar-refractivity contribution >= 4 is 5.97 Å². The number of hydrogen-bond donors (Lipinski definition) is 2. The van der Waals surface area contributed by atoms with Crippen LogP contribution in [0.1, 0.15) is 33.6 Å². The molecule has 2 rings (SSSR count). The molecule has 80 valence electrons. The van der Waals surface area contributed by atoms with E-state index in [0.717, 1.165) is 12.8 Å². The first-order chi connectivity index (χ1) is 6.39. The standard InChI is InChI=1S/C11H19NO2/c1-11(2,3)8-5-6-4-7(8)9(12-6)10(13)14/h6-9,12H,4-5H2,1-3H3,(H,13,14)/t6-,7-,8?,9+/m0/s1. The molecule has 0 aromatic rings. The molecule has 1 aliphatic heterocycles. The van der Waals surface area contributed by atoms with Crippen LogP contribution in [-0.4, -0.2) is 23.2 Å². The summed E-state index contributed by atoms with van der Waals surface area (Å²) in [6, 6.07) is 0.156. The van der Waals surface area contributed by atoms with Crippen molar-refractivity contribution in [1.82, 2.24) is 5.32 Å². The van der Waals surface area contributed by atoms with Gasteiger partial charge >= 0.3 is 5.97 Å². The van der Waals surface area contributed by atoms with Crippen LogP contribution in [0.5, 0.6) is 0 Å². The molecule has 3 nitrogen and oxygen atoms in total. The van der Waals surface area contributed by atoms with Crippen LogP contribution in [0, 0.1) is 17.3 Å². The van der Waals surface area contributed by atoms with Crippen molar-refractivity contribution in [2.24, 2.45) is 17.3 Å². The number of piperidine rings is 1. The normalized spacial score (nSPS) is 41.6. The Kier molecular flexibility index (Phi) is 2.11. The zero-order valence-electron chi connectivity index (χ0n) is 9.08. The average molecular weight is 197 g/mol. The molecule has 1 unspecified atom stereocenters. The highest BCUT2D eigenvalue weighted by atomic mass is 16.4. The van der Waals surface area contributed by atoms with Crippen LogP contribution >= 0.6 is 0 Å². The van der Waals surface area contributed by atoms with Gasteiger partial charge in [-0.15, -0.1) is 0 Å². The highest BCUT2D eigenvalue weighted by molar-refractivity contribution is 5.74. The van der Waals surface area contributed by atoms with Gasteiger partial charge in [-0.2, -0.15) is 0 Å². The van der Waals surface area contributed by atoms with Crippen molar-refractivity contribution in [1.29, 1.82) is 0 Å². The van der Waals surface area contributed by atoms with Gasteiger partial charge in [-0.3, -0.25) is 4.79 Å². The van der Waals surface area contributed by atoms with Gasteiger partial charge in [0.15, 0.2) is 0 Å². The summed E-state index contributed by atoms with van der Waals surface area (Å²) in [6.07, 6.45) is 2.21. The number of hydrogen-bond acceptors (Lipinski definition) is 2. The second-order valence-electron chi connectivity index (χ2n) is 5.79. The van der Waals surface area contributed by atoms with E-state index in [1.807, 2.05) is 0 Å². The molecule has 1 saturated heterocycles. The molecule has 1 saturated carbocycles. The lowest BCUT2D eigenvalue weighted by Gasteiger charge is -2.37. The lowest BCUT2D eigenvalue weighted by Crippen LogP contribution is -2.47. The number of carbonyl (C=O) groups is 1. The van der Waals surface area contributed by atoms with Gasteiger partial charge in [-0.1, -0.05) is 20.8 Å². The minimum absolute atomic E-state index is 0.245. The summed E-state index contributed by atoms with van der Waals surface area (Å²) in [5, 5.41) is 12.2. The summed E-state index contributed by atoms with van der Waals surface area (Å²) in [5.74, 6) is 0.235. The molecule has 4 atom stereocenters. The zero-order chi connectivity index (χ0) is 10.5. The molecule has 2 N–H and O–H groups in total. The first-order valence-electron chi connectivity index (χ1n) is 5.38. The van der Waals surface area contributed by atoms with Gasteiger partial charge in [0.25, 0.3) is 0 Å². The van der Waals surface area contributed by atoms with Crippen molar-refractivity contribution in [2.45, 2.75) is 45.7 Å². The first-order valence-corrected chi connectivity index (χ1v) is 5.38. The molecule has 1 aliphatic carbocycles. The van der Waals surface area contributed by atoms with E-state index in [4.69, 9.17) is 5.11 Å². The van der Waals surface area contributed by atoms with E-state index in [9.17, 15) is 4.79 Å². The molecule has 2 bridgehead atoms. The molecule has 1 heterocycles. The van der Waals surface area contributed by atoms with E-state index in [1.165, 1.54) is 0 Å². The maximum atomic E-state index is 11.0. The third-order valence-corrected chi connectivity index (χ3v) is 3.83. The van der Waals surface area contributed by atoms with E-state index < -0.39 is 5.97 Å². The zero-order valence-corrected chi connectivity index (χ0v) is 9.08. The van der Waals surface area contributed by atoms with E-state index in [2.05, 4.69) is 26.1 Å². The summed E-state index contributed by atoms with van der Waals surface area (Å²) in [4.78, 5) is 11.0. The number of rotatable bonds is 1. The van der Waals surface area contributed by atoms with Crippen LogP contribution in [0.25, 0.3) is 0 Å². The topological polar surface area (TPSA) is 49.3 Å². The Morgan fingerprint density at radius 2 is 2.00 bits per heavy atom. The fourth-order valence-corrected chi connectivity index (χ4v) is 3.20. The molecular formula is C11H19NO2. The molecule has 0 radical (unpaired) electrons. The molecule has 2 fully saturated rings. The second-order valence-corrected chi connectivity index (χ2v) is 5.79. The second kappa shape index (κ2) is 2.96. The SMILES string of the molecule is CC(C)(C)C1C[C@@H]2C[C@@H]1[C@H](C(=O)O)N2. The van der Waals surface area contributed by atoms with Gasteiger partial charge in [-0.25, -0.2) is 0 Å². The van der Waals surface area contributed by atoms with Crippen LogP contribution < -0.4 is 5.32 Å². The third kappa shape index (κ3) is 1.44. The van der Waals surface area contributed by atoms with Gasteiger partial charge in [0, 0.05) is 6.04 Å². The summed E-state index contributed by atoms with van der Waals surface area (Å²) in [5.41, 5.74) is 0.245. The van der Waals surface area contributed by atoms with Crippen LogP contribution in [0.3, 0.4) is 0 Å². The largest absolute Gasteiger partial charge is 0.480 e. The van der Waals surface area contributed by atoms with Crippen molar-refractivity contribution in [2.75, 3.05) is 0 Å². The lowest BCUT2D eigenvalue weighted by molar-refractivity contribution is -0.141. The van der Waals surface area contributed by atoms with E-state index in [0.29, 0.717) is 17.9 Å². The predicted molar refractivity (Wildman–Crippen MR) is 54.0 cm³/mol. The van der Waals surface area contributed by atoms with Gasteiger partial charge in [0.1, 0.15) is 6.04 Å². The molecular weight excluding hydrogens is 178 g/mol. The van der Waals surface area contributed by atoms with E-state index in [1.54, 1.807) is 0 Å². The molecule has 14 heavy (non-hydrogen) atoms.